The molecule has 0 radical (unpaired) electrons. The van der Waals surface area contributed by atoms with E-state index < -0.39 is 0 Å². The third-order valence-electron chi connectivity index (χ3n) is 1.94. The van der Waals surface area contributed by atoms with Crippen LogP contribution in [0.3, 0.4) is 0 Å². The number of hydrogen-bond acceptors (Lipinski definition) is 3. The van der Waals surface area contributed by atoms with Gasteiger partial charge in [0.2, 0.25) is 0 Å². The highest BCUT2D eigenvalue weighted by Crippen LogP contribution is 2.14. The van der Waals surface area contributed by atoms with Gasteiger partial charge in [-0.15, -0.1) is 0 Å². The third-order valence-corrected chi connectivity index (χ3v) is 1.94. The van der Waals surface area contributed by atoms with Gasteiger partial charge in [0.15, 0.2) is 0 Å². The summed E-state index contributed by atoms with van der Waals surface area (Å²) in [5.41, 5.74) is 0. The van der Waals surface area contributed by atoms with Crippen LogP contribution in [-0.4, -0.2) is 35.7 Å². The number of hydrogen-bond donors (Lipinski definition) is 1. The summed E-state index contributed by atoms with van der Waals surface area (Å²) in [4.78, 5) is 1.97. The lowest BCUT2D eigenvalue weighted by atomic mass is 10.1. The lowest BCUT2D eigenvalue weighted by molar-refractivity contribution is 0.150. The number of β-amino-alcohol motifs (C(OH)–C–C–N with tert-alkyl or cyclic N) is 1. The van der Waals surface area contributed by atoms with Crippen LogP contribution in [0.5, 0.6) is 0 Å². The minimum Gasteiger partial charge on any atom is -0.391 e. The van der Waals surface area contributed by atoms with E-state index in [2.05, 4.69) is 6.07 Å². The number of rotatable bonds is 1. The van der Waals surface area contributed by atoms with E-state index in [1.165, 1.54) is 0 Å². The molecule has 0 aliphatic carbocycles. The molecule has 1 heterocycles. The maximum Gasteiger partial charge on any atom is 0.0866 e. The average Bonchev–Trinajstić information content (AvgIpc) is 2.14. The monoisotopic (exact) mass is 140 g/mol. The van der Waals surface area contributed by atoms with Gasteiger partial charge in [-0.2, -0.15) is 5.26 Å². The summed E-state index contributed by atoms with van der Waals surface area (Å²) in [6, 6.07) is 2.07. The first kappa shape index (κ1) is 7.52. The predicted molar refractivity (Wildman–Crippen MR) is 37.2 cm³/mol. The average molecular weight is 140 g/mol. The Morgan fingerprint density at radius 2 is 2.40 bits per heavy atom. The van der Waals surface area contributed by atoms with Crippen molar-refractivity contribution in [2.75, 3.05) is 19.6 Å². The van der Waals surface area contributed by atoms with Crippen molar-refractivity contribution in [3.63, 3.8) is 0 Å². The molecule has 0 aromatic carbocycles. The lowest BCUT2D eigenvalue weighted by Gasteiger charge is -2.07. The predicted octanol–water partition coefficient (Wildman–Crippen LogP) is -0.177. The zero-order chi connectivity index (χ0) is 7.56. The first-order chi connectivity index (χ1) is 4.74. The van der Waals surface area contributed by atoms with Crippen LogP contribution in [-0.2, 0) is 0 Å². The molecule has 3 heteroatoms. The van der Waals surface area contributed by atoms with Crippen molar-refractivity contribution < 1.29 is 5.11 Å². The van der Waals surface area contributed by atoms with Crippen molar-refractivity contribution >= 4 is 0 Å². The number of aliphatic hydroxyl groups is 1. The molecule has 1 rings (SSSR count). The van der Waals surface area contributed by atoms with Crippen molar-refractivity contribution in [1.29, 1.82) is 5.26 Å². The molecule has 10 heavy (non-hydrogen) atoms. The van der Waals surface area contributed by atoms with Crippen LogP contribution in [0, 0.1) is 17.2 Å². The molecule has 1 fully saturated rings. The van der Waals surface area contributed by atoms with Gasteiger partial charge < -0.3 is 5.11 Å². The zero-order valence-corrected chi connectivity index (χ0v) is 6.12. The van der Waals surface area contributed by atoms with E-state index in [1.807, 2.05) is 11.8 Å². The number of likely N-dealkylation sites (tertiary alicyclic amines) is 1. The topological polar surface area (TPSA) is 47.3 Å². The van der Waals surface area contributed by atoms with Gasteiger partial charge in [0.05, 0.1) is 18.7 Å². The van der Waals surface area contributed by atoms with E-state index in [-0.39, 0.29) is 6.10 Å². The summed E-state index contributed by atoms with van der Waals surface area (Å²) in [6.07, 6.45) is -0.228. The fourth-order valence-corrected chi connectivity index (χ4v) is 1.28. The largest absolute Gasteiger partial charge is 0.391 e. The Labute approximate surface area is 60.9 Å². The molecule has 1 saturated heterocycles. The SMILES string of the molecule is CC1CN(CC#N)CC1O. The Bertz CT molecular complexity index is 142. The fraction of sp³-hybridized carbons (Fsp3) is 0.857. The van der Waals surface area contributed by atoms with Gasteiger partial charge in [-0.1, -0.05) is 6.92 Å². The highest BCUT2D eigenvalue weighted by Gasteiger charge is 2.26. The van der Waals surface area contributed by atoms with E-state index in [0.717, 1.165) is 6.54 Å². The molecule has 0 aromatic heterocycles. The molecule has 0 saturated carbocycles. The van der Waals surface area contributed by atoms with Crippen LogP contribution in [0.25, 0.3) is 0 Å². The van der Waals surface area contributed by atoms with Gasteiger partial charge >= 0.3 is 0 Å². The second kappa shape index (κ2) is 3.00. The van der Waals surface area contributed by atoms with E-state index in [9.17, 15) is 5.11 Å². The molecule has 56 valence electrons. The summed E-state index contributed by atoms with van der Waals surface area (Å²) in [5, 5.41) is 17.6. The highest BCUT2D eigenvalue weighted by atomic mass is 16.3. The molecule has 0 spiro atoms. The fourth-order valence-electron chi connectivity index (χ4n) is 1.28. The first-order valence-electron chi connectivity index (χ1n) is 3.51. The Balaban J connectivity index is 2.35. The molecular weight excluding hydrogens is 128 g/mol. The first-order valence-corrected chi connectivity index (χ1v) is 3.51. The Morgan fingerprint density at radius 1 is 1.70 bits per heavy atom. The van der Waals surface area contributed by atoms with Crippen LogP contribution in [0.2, 0.25) is 0 Å². The Hall–Kier alpha value is -0.590. The van der Waals surface area contributed by atoms with Crippen LogP contribution < -0.4 is 0 Å². The number of nitrogens with zero attached hydrogens (tertiary/aromatic N) is 2. The summed E-state index contributed by atoms with van der Waals surface area (Å²) in [5.74, 6) is 0.327. The third kappa shape index (κ3) is 1.47. The van der Waals surface area contributed by atoms with Crippen molar-refractivity contribution in [3.8, 4) is 6.07 Å². The molecule has 0 bridgehead atoms. The summed E-state index contributed by atoms with van der Waals surface area (Å²) in [7, 11) is 0. The van der Waals surface area contributed by atoms with Crippen LogP contribution in [0.15, 0.2) is 0 Å². The second-order valence-corrected chi connectivity index (χ2v) is 2.90. The van der Waals surface area contributed by atoms with E-state index in [4.69, 9.17) is 5.26 Å². The molecule has 3 nitrogen and oxygen atoms in total. The van der Waals surface area contributed by atoms with Crippen molar-refractivity contribution in [3.05, 3.63) is 0 Å². The van der Waals surface area contributed by atoms with Crippen LogP contribution in [0.4, 0.5) is 0 Å². The molecular formula is C7H12N2O. The molecule has 1 aliphatic rings. The summed E-state index contributed by atoms with van der Waals surface area (Å²) >= 11 is 0. The lowest BCUT2D eigenvalue weighted by Crippen LogP contribution is -2.21. The van der Waals surface area contributed by atoms with Crippen molar-refractivity contribution in [1.82, 2.24) is 4.90 Å². The molecule has 0 aromatic rings. The quantitative estimate of drug-likeness (QED) is 0.514. The minimum atomic E-state index is -0.228. The van der Waals surface area contributed by atoms with Crippen LogP contribution in [0.1, 0.15) is 6.92 Å². The van der Waals surface area contributed by atoms with E-state index in [0.29, 0.717) is 19.0 Å². The molecule has 1 aliphatic heterocycles. The molecule has 0 amide bonds. The van der Waals surface area contributed by atoms with Gasteiger partial charge in [-0.05, 0) is 5.92 Å². The second-order valence-electron chi connectivity index (χ2n) is 2.90. The molecule has 2 atom stereocenters. The highest BCUT2D eigenvalue weighted by molar-refractivity contribution is 4.86. The standard InChI is InChI=1S/C7H12N2O/c1-6-4-9(3-2-8)5-7(6)10/h6-7,10H,3-5H2,1H3. The summed E-state index contributed by atoms with van der Waals surface area (Å²) in [6.45, 7) is 3.97. The van der Waals surface area contributed by atoms with Gasteiger partial charge in [-0.25, -0.2) is 0 Å². The van der Waals surface area contributed by atoms with Gasteiger partial charge in [0.25, 0.3) is 0 Å². The minimum absolute atomic E-state index is 0.228. The normalized spacial score (nSPS) is 34.1. The number of aliphatic hydroxyl groups excluding tert-OH is 1. The van der Waals surface area contributed by atoms with Gasteiger partial charge in [0.1, 0.15) is 0 Å². The summed E-state index contributed by atoms with van der Waals surface area (Å²) < 4.78 is 0. The van der Waals surface area contributed by atoms with E-state index in [1.54, 1.807) is 0 Å². The van der Waals surface area contributed by atoms with Crippen LogP contribution >= 0.6 is 0 Å². The van der Waals surface area contributed by atoms with Crippen molar-refractivity contribution in [2.24, 2.45) is 5.92 Å². The van der Waals surface area contributed by atoms with Gasteiger partial charge in [0, 0.05) is 13.1 Å². The smallest absolute Gasteiger partial charge is 0.0866 e. The van der Waals surface area contributed by atoms with Crippen molar-refractivity contribution in [2.45, 2.75) is 13.0 Å². The van der Waals surface area contributed by atoms with E-state index >= 15 is 0 Å². The molecule has 1 N–H and O–H groups in total. The maximum atomic E-state index is 9.24. The maximum absolute atomic E-state index is 9.24. The van der Waals surface area contributed by atoms with Gasteiger partial charge in [-0.3, -0.25) is 4.90 Å². The molecule has 2 unspecified atom stereocenters. The number of nitriles is 1. The Morgan fingerprint density at radius 3 is 2.80 bits per heavy atom. The zero-order valence-electron chi connectivity index (χ0n) is 6.12. The Kier molecular flexibility index (Phi) is 2.25.